The number of hydrogen-bond donors (Lipinski definition) is 0. The minimum Gasteiger partial charge on any atom is -0.656 e. The topological polar surface area (TPSA) is 163 Å². The van der Waals surface area contributed by atoms with E-state index in [0.29, 0.717) is 164 Å². The van der Waals surface area contributed by atoms with Crippen LogP contribution in [0.1, 0.15) is 87.1 Å². The summed E-state index contributed by atoms with van der Waals surface area (Å²) in [6.45, 7) is 14.0. The van der Waals surface area contributed by atoms with Gasteiger partial charge in [0, 0.05) is 0 Å². The number of fused-ring (bicyclic) bond motifs is 18. The summed E-state index contributed by atoms with van der Waals surface area (Å²) in [5.74, 6) is 3.17. The smallest absolute Gasteiger partial charge is 0.656 e. The van der Waals surface area contributed by atoms with E-state index in [1.54, 1.807) is 0 Å². The molecule has 0 unspecified atom stereocenters. The molecule has 66 heavy (non-hydrogen) atoms. The molecule has 4 aliphatic heterocycles. The number of aromatic nitrogens is 8. The Morgan fingerprint density at radius 1 is 0.273 bits per heavy atom. The second-order valence-electron chi connectivity index (χ2n) is 14.3. The Balaban J connectivity index is 0.00000324. The summed E-state index contributed by atoms with van der Waals surface area (Å²) in [5.41, 5.74) is 9.97. The molecular formula is C50H46Cu2N8O6. The molecule has 0 saturated carbocycles. The van der Waals surface area contributed by atoms with E-state index in [1.165, 1.54) is 0 Å². The maximum absolute atomic E-state index is 6.22. The predicted molar refractivity (Wildman–Crippen MR) is 252 cm³/mol. The van der Waals surface area contributed by atoms with Gasteiger partial charge in [-0.15, -0.1) is 0 Å². The number of rotatable bonds is 12. The molecule has 0 aromatic carbocycles. The van der Waals surface area contributed by atoms with Crippen LogP contribution < -0.4 is 48.4 Å². The van der Waals surface area contributed by atoms with Crippen molar-refractivity contribution >= 4 is 92.7 Å². The fourth-order valence-corrected chi connectivity index (χ4v) is 7.53. The van der Waals surface area contributed by atoms with Gasteiger partial charge in [0.1, 0.15) is 68.5 Å². The van der Waals surface area contributed by atoms with Crippen LogP contribution in [0.4, 0.5) is 0 Å². The number of hydrogen-bond acceptors (Lipinski definition) is 10. The summed E-state index contributed by atoms with van der Waals surface area (Å²) in [6.07, 6.45) is 15.2. The quantitative estimate of drug-likeness (QED) is 0.106. The molecule has 0 N–H and O–H groups in total. The van der Waals surface area contributed by atoms with E-state index in [-0.39, 0.29) is 34.1 Å². The van der Waals surface area contributed by atoms with Gasteiger partial charge < -0.3 is 48.4 Å². The van der Waals surface area contributed by atoms with E-state index in [0.717, 1.165) is 0 Å². The van der Waals surface area contributed by atoms with Crippen molar-refractivity contribution in [2.75, 3.05) is 39.6 Å². The summed E-state index contributed by atoms with van der Waals surface area (Å²) in [7, 11) is 0. The Bertz CT molecular complexity index is 2760. The summed E-state index contributed by atoms with van der Waals surface area (Å²) >= 11 is 0. The second kappa shape index (κ2) is 21.1. The zero-order valence-electron chi connectivity index (χ0n) is 37.1. The average Bonchev–Trinajstić information content (AvgIpc) is 4.16. The maximum atomic E-state index is 6.22. The second-order valence-corrected chi connectivity index (χ2v) is 14.3. The van der Waals surface area contributed by atoms with Gasteiger partial charge in [-0.2, -0.15) is 22.1 Å². The molecule has 16 bridgehead atoms. The Morgan fingerprint density at radius 3 is 0.636 bits per heavy atom. The third-order valence-electron chi connectivity index (χ3n) is 10.2. The molecule has 0 atom stereocenters. The first kappa shape index (κ1) is 47.3. The molecule has 0 fully saturated rings. The minimum absolute atomic E-state index is 0. The van der Waals surface area contributed by atoms with Crippen molar-refractivity contribution < 1.29 is 62.6 Å². The summed E-state index contributed by atoms with van der Waals surface area (Å²) in [6, 6.07) is 15.3. The van der Waals surface area contributed by atoms with Gasteiger partial charge in [-0.1, -0.05) is 70.6 Å². The first-order valence-corrected chi connectivity index (χ1v) is 21.6. The van der Waals surface area contributed by atoms with Crippen molar-refractivity contribution in [2.24, 2.45) is 0 Å². The molecule has 4 aliphatic rings. The van der Waals surface area contributed by atoms with Gasteiger partial charge in [0.25, 0.3) is 0 Å². The molecule has 14 nitrogen and oxygen atoms in total. The van der Waals surface area contributed by atoms with Crippen molar-refractivity contribution in [2.45, 2.75) is 41.5 Å². The summed E-state index contributed by atoms with van der Waals surface area (Å²) in [5, 5.41) is 0. The van der Waals surface area contributed by atoms with E-state index in [4.69, 9.17) is 68.3 Å². The molecular weight excluding hydrogens is 936 g/mol. The van der Waals surface area contributed by atoms with Crippen LogP contribution >= 0.6 is 0 Å². The van der Waals surface area contributed by atoms with Crippen molar-refractivity contribution in [1.29, 1.82) is 0 Å². The maximum Gasteiger partial charge on any atom is 2.00 e. The largest absolute Gasteiger partial charge is 2.00 e. The van der Waals surface area contributed by atoms with Crippen molar-refractivity contribution in [3.05, 3.63) is 94.1 Å². The molecule has 16 heteroatoms. The van der Waals surface area contributed by atoms with Gasteiger partial charge in [0.15, 0.2) is 11.5 Å². The van der Waals surface area contributed by atoms with Crippen LogP contribution in [0.25, 0.3) is 92.7 Å². The fourth-order valence-electron chi connectivity index (χ4n) is 7.53. The third kappa shape index (κ3) is 9.36. The number of ether oxygens (including phenoxy) is 6. The summed E-state index contributed by atoms with van der Waals surface area (Å²) < 4.78 is 37.2. The Kier molecular flexibility index (Phi) is 15.1. The average molecular weight is 982 g/mol. The van der Waals surface area contributed by atoms with E-state index in [1.807, 2.05) is 139 Å². The molecule has 0 spiro atoms. The molecule has 2 radical (unpaired) electrons. The molecule has 5 aromatic rings. The van der Waals surface area contributed by atoms with Gasteiger partial charge in [-0.3, -0.25) is 0 Å². The number of nitrogens with zero attached hydrogens (tertiary/aromatic N) is 8. The van der Waals surface area contributed by atoms with Crippen LogP contribution in [0.5, 0.6) is 34.5 Å². The SMILES string of the molecule is CCOc1c2nc(c(OCC)c3ccc([n-]3)c3ccc([n-]3)c(OCC)c3nc(c(OCC)c4nc(c(OCC)c5ccc([n-]5)c5ccc([n-]5)c(OCC)c5nc1C=C5)C=C4)C=C3)C=C2.[Cu+2].[Cu+2]. The van der Waals surface area contributed by atoms with E-state index >= 15 is 0 Å². The van der Waals surface area contributed by atoms with Gasteiger partial charge in [0.2, 0.25) is 0 Å². The van der Waals surface area contributed by atoms with Crippen LogP contribution in [0.3, 0.4) is 0 Å². The molecule has 0 aliphatic carbocycles. The molecule has 9 heterocycles. The zero-order chi connectivity index (χ0) is 44.2. The fraction of sp³-hybridized carbons (Fsp3) is 0.240. The van der Waals surface area contributed by atoms with Crippen LogP contribution in [0, 0.1) is 0 Å². The monoisotopic (exact) mass is 980 g/mol. The molecule has 0 saturated heterocycles. The van der Waals surface area contributed by atoms with Crippen molar-refractivity contribution in [3.8, 4) is 34.5 Å². The molecule has 0 amide bonds. The van der Waals surface area contributed by atoms with Gasteiger partial charge in [-0.25, -0.2) is 19.9 Å². The standard InChI is InChI=1S/C50H46N8O6.2Cu/c1-7-59-45-33-17-13-29(51-33)30-14-18-34(52-30)46(60-8-2)39-23-27-43(57-39)50(64-12-6)44-28-24-40(58-44)48(62-10-4)36-20-16-32(54-36)31-15-19-35(53-31)47(61-9-3)38-22-26-42(56-38)49(63-11-5)41-25-21-37(45)55-41;;/h13-28H,7-12H2,1-6H3;;/q-4;2*+2. The van der Waals surface area contributed by atoms with Gasteiger partial charge >= 0.3 is 34.1 Å². The first-order valence-electron chi connectivity index (χ1n) is 21.6. The summed E-state index contributed by atoms with van der Waals surface area (Å²) in [4.78, 5) is 39.8. The van der Waals surface area contributed by atoms with Gasteiger partial charge in [-0.05, 0) is 90.2 Å². The van der Waals surface area contributed by atoms with Crippen LogP contribution in [-0.2, 0) is 34.1 Å². The van der Waals surface area contributed by atoms with E-state index < -0.39 is 0 Å². The first-order chi connectivity index (χ1) is 31.4. The Labute approximate surface area is 402 Å². The van der Waals surface area contributed by atoms with E-state index in [2.05, 4.69) is 0 Å². The Morgan fingerprint density at radius 2 is 0.439 bits per heavy atom. The Hall–Kier alpha value is -6.70. The normalized spacial score (nSPS) is 12.0. The van der Waals surface area contributed by atoms with Crippen LogP contribution in [0.2, 0.25) is 0 Å². The molecule has 5 aromatic heterocycles. The van der Waals surface area contributed by atoms with E-state index in [9.17, 15) is 0 Å². The predicted octanol–water partition coefficient (Wildman–Crippen LogP) is 9.65. The van der Waals surface area contributed by atoms with Crippen molar-refractivity contribution in [3.63, 3.8) is 0 Å². The molecule has 344 valence electrons. The zero-order valence-corrected chi connectivity index (χ0v) is 39.0. The van der Waals surface area contributed by atoms with Crippen LogP contribution in [-0.4, -0.2) is 59.6 Å². The third-order valence-corrected chi connectivity index (χ3v) is 10.2. The van der Waals surface area contributed by atoms with Gasteiger partial charge in [0.05, 0.1) is 39.6 Å². The minimum atomic E-state index is 0. The molecule has 9 rings (SSSR count). The van der Waals surface area contributed by atoms with Crippen LogP contribution in [0.15, 0.2) is 48.5 Å². The van der Waals surface area contributed by atoms with Crippen molar-refractivity contribution in [1.82, 2.24) is 39.9 Å².